The SMILES string of the molecule is CCNCC1CCN(CCSc2ccccc2)CC1. The Kier molecular flexibility index (Phi) is 6.75. The summed E-state index contributed by atoms with van der Waals surface area (Å²) in [5.41, 5.74) is 0. The third kappa shape index (κ3) is 5.55. The van der Waals surface area contributed by atoms with Gasteiger partial charge in [0, 0.05) is 17.2 Å². The Morgan fingerprint density at radius 2 is 1.95 bits per heavy atom. The predicted molar refractivity (Wildman–Crippen MR) is 84.9 cm³/mol. The molecule has 0 unspecified atom stereocenters. The second kappa shape index (κ2) is 8.62. The topological polar surface area (TPSA) is 15.3 Å². The van der Waals surface area contributed by atoms with Gasteiger partial charge in [0.1, 0.15) is 0 Å². The summed E-state index contributed by atoms with van der Waals surface area (Å²) < 4.78 is 0. The minimum atomic E-state index is 0.901. The molecule has 1 aromatic rings. The van der Waals surface area contributed by atoms with Crippen molar-refractivity contribution >= 4 is 11.8 Å². The molecule has 19 heavy (non-hydrogen) atoms. The van der Waals surface area contributed by atoms with Crippen molar-refractivity contribution in [3.63, 3.8) is 0 Å². The van der Waals surface area contributed by atoms with E-state index in [4.69, 9.17) is 0 Å². The number of nitrogens with one attached hydrogen (secondary N) is 1. The van der Waals surface area contributed by atoms with Gasteiger partial charge in [-0.3, -0.25) is 0 Å². The van der Waals surface area contributed by atoms with Gasteiger partial charge in [0.05, 0.1) is 0 Å². The van der Waals surface area contributed by atoms with Gasteiger partial charge in [-0.15, -0.1) is 11.8 Å². The fraction of sp³-hybridized carbons (Fsp3) is 0.625. The first-order chi connectivity index (χ1) is 9.38. The molecule has 3 heteroatoms. The second-order valence-corrected chi connectivity index (χ2v) is 6.42. The Morgan fingerprint density at radius 1 is 1.21 bits per heavy atom. The third-order valence-electron chi connectivity index (χ3n) is 3.81. The van der Waals surface area contributed by atoms with E-state index >= 15 is 0 Å². The number of thioether (sulfide) groups is 1. The highest BCUT2D eigenvalue weighted by Crippen LogP contribution is 2.19. The molecule has 0 amide bonds. The average Bonchev–Trinajstić information content (AvgIpc) is 2.47. The molecule has 0 bridgehead atoms. The fourth-order valence-corrected chi connectivity index (χ4v) is 3.51. The van der Waals surface area contributed by atoms with E-state index in [1.807, 2.05) is 11.8 Å². The number of nitrogens with zero attached hydrogens (tertiary/aromatic N) is 1. The summed E-state index contributed by atoms with van der Waals surface area (Å²) in [6.45, 7) is 8.30. The lowest BCUT2D eigenvalue weighted by Crippen LogP contribution is -2.38. The van der Waals surface area contributed by atoms with Gasteiger partial charge in [-0.05, 0) is 57.1 Å². The number of hydrogen-bond acceptors (Lipinski definition) is 3. The predicted octanol–water partition coefficient (Wildman–Crippen LogP) is 3.10. The molecular weight excluding hydrogens is 252 g/mol. The summed E-state index contributed by atoms with van der Waals surface area (Å²) in [6.07, 6.45) is 2.73. The molecule has 1 heterocycles. The number of piperidine rings is 1. The van der Waals surface area contributed by atoms with Crippen LogP contribution in [0.5, 0.6) is 0 Å². The molecule has 1 fully saturated rings. The van der Waals surface area contributed by atoms with E-state index in [0.717, 1.165) is 12.5 Å². The number of likely N-dealkylation sites (tertiary alicyclic amines) is 1. The van der Waals surface area contributed by atoms with Gasteiger partial charge in [0.15, 0.2) is 0 Å². The van der Waals surface area contributed by atoms with Gasteiger partial charge in [-0.25, -0.2) is 0 Å². The average molecular weight is 278 g/mol. The zero-order chi connectivity index (χ0) is 13.3. The molecule has 0 aliphatic carbocycles. The van der Waals surface area contributed by atoms with Gasteiger partial charge in [-0.2, -0.15) is 0 Å². The lowest BCUT2D eigenvalue weighted by molar-refractivity contribution is 0.192. The molecule has 1 N–H and O–H groups in total. The van der Waals surface area contributed by atoms with Crippen LogP contribution in [0.25, 0.3) is 0 Å². The third-order valence-corrected chi connectivity index (χ3v) is 4.80. The molecule has 0 spiro atoms. The molecule has 1 saturated heterocycles. The van der Waals surface area contributed by atoms with Crippen molar-refractivity contribution in [3.05, 3.63) is 30.3 Å². The Labute approximate surface area is 122 Å². The number of hydrogen-bond donors (Lipinski definition) is 1. The van der Waals surface area contributed by atoms with Gasteiger partial charge in [-0.1, -0.05) is 25.1 Å². The van der Waals surface area contributed by atoms with Gasteiger partial charge in [0.2, 0.25) is 0 Å². The Balaban J connectivity index is 1.58. The van der Waals surface area contributed by atoms with Crippen LogP contribution in [0.3, 0.4) is 0 Å². The summed E-state index contributed by atoms with van der Waals surface area (Å²) in [4.78, 5) is 4.02. The molecule has 1 aliphatic rings. The molecule has 0 radical (unpaired) electrons. The second-order valence-electron chi connectivity index (χ2n) is 5.25. The highest BCUT2D eigenvalue weighted by atomic mass is 32.2. The van der Waals surface area contributed by atoms with Gasteiger partial charge >= 0.3 is 0 Å². The normalized spacial score (nSPS) is 17.7. The molecule has 2 nitrogen and oxygen atoms in total. The summed E-state index contributed by atoms with van der Waals surface area (Å²) in [6, 6.07) is 10.7. The zero-order valence-electron chi connectivity index (χ0n) is 12.0. The van der Waals surface area contributed by atoms with E-state index in [0.29, 0.717) is 0 Å². The van der Waals surface area contributed by atoms with Gasteiger partial charge < -0.3 is 10.2 Å². The maximum Gasteiger partial charge on any atom is 0.0108 e. The van der Waals surface area contributed by atoms with Crippen LogP contribution in [0.2, 0.25) is 0 Å². The summed E-state index contributed by atoms with van der Waals surface area (Å²) >= 11 is 1.97. The van der Waals surface area contributed by atoms with E-state index in [1.54, 1.807) is 0 Å². The molecule has 1 aliphatic heterocycles. The van der Waals surface area contributed by atoms with E-state index in [2.05, 4.69) is 47.5 Å². The highest BCUT2D eigenvalue weighted by molar-refractivity contribution is 7.99. The largest absolute Gasteiger partial charge is 0.317 e. The van der Waals surface area contributed by atoms with Crippen LogP contribution in [0, 0.1) is 5.92 Å². The van der Waals surface area contributed by atoms with Crippen molar-refractivity contribution in [2.45, 2.75) is 24.7 Å². The van der Waals surface area contributed by atoms with E-state index in [9.17, 15) is 0 Å². The van der Waals surface area contributed by atoms with Crippen molar-refractivity contribution in [1.29, 1.82) is 0 Å². The van der Waals surface area contributed by atoms with Crippen molar-refractivity contribution in [1.82, 2.24) is 10.2 Å². The lowest BCUT2D eigenvalue weighted by Gasteiger charge is -2.31. The van der Waals surface area contributed by atoms with Crippen LogP contribution >= 0.6 is 11.8 Å². The first-order valence-corrected chi connectivity index (χ1v) is 8.48. The first kappa shape index (κ1) is 14.9. The van der Waals surface area contributed by atoms with E-state index in [-0.39, 0.29) is 0 Å². The molecular formula is C16H26N2S. The quantitative estimate of drug-likeness (QED) is 0.772. The van der Waals surface area contributed by atoms with E-state index in [1.165, 1.54) is 49.7 Å². The van der Waals surface area contributed by atoms with Crippen LogP contribution in [0.15, 0.2) is 35.2 Å². The smallest absolute Gasteiger partial charge is 0.0108 e. The van der Waals surface area contributed by atoms with Crippen molar-refractivity contribution in [3.8, 4) is 0 Å². The molecule has 0 atom stereocenters. The van der Waals surface area contributed by atoms with Crippen molar-refractivity contribution in [2.24, 2.45) is 5.92 Å². The van der Waals surface area contributed by atoms with Crippen LogP contribution in [0.4, 0.5) is 0 Å². The minimum Gasteiger partial charge on any atom is -0.317 e. The molecule has 106 valence electrons. The molecule has 2 rings (SSSR count). The summed E-state index contributed by atoms with van der Waals surface area (Å²) in [5, 5.41) is 3.47. The minimum absolute atomic E-state index is 0.901. The number of rotatable bonds is 7. The monoisotopic (exact) mass is 278 g/mol. The molecule has 1 aromatic carbocycles. The highest BCUT2D eigenvalue weighted by Gasteiger charge is 2.18. The Morgan fingerprint density at radius 3 is 2.63 bits per heavy atom. The van der Waals surface area contributed by atoms with Crippen LogP contribution in [-0.2, 0) is 0 Å². The van der Waals surface area contributed by atoms with Crippen molar-refractivity contribution < 1.29 is 0 Å². The maximum absolute atomic E-state index is 3.47. The van der Waals surface area contributed by atoms with Crippen LogP contribution in [-0.4, -0.2) is 43.4 Å². The number of benzene rings is 1. The summed E-state index contributed by atoms with van der Waals surface area (Å²) in [5.74, 6) is 2.11. The van der Waals surface area contributed by atoms with Crippen LogP contribution in [0.1, 0.15) is 19.8 Å². The fourth-order valence-electron chi connectivity index (χ4n) is 2.57. The lowest BCUT2D eigenvalue weighted by atomic mass is 9.97. The van der Waals surface area contributed by atoms with E-state index < -0.39 is 0 Å². The molecule has 0 saturated carbocycles. The van der Waals surface area contributed by atoms with Gasteiger partial charge in [0.25, 0.3) is 0 Å². The zero-order valence-corrected chi connectivity index (χ0v) is 12.8. The van der Waals surface area contributed by atoms with Crippen LogP contribution < -0.4 is 5.32 Å². The van der Waals surface area contributed by atoms with Crippen molar-refractivity contribution in [2.75, 3.05) is 38.5 Å². The Bertz CT molecular complexity index is 334. The summed E-state index contributed by atoms with van der Waals surface area (Å²) in [7, 11) is 0. The Hall–Kier alpha value is -0.510. The first-order valence-electron chi connectivity index (χ1n) is 7.49. The standard InChI is InChI=1S/C16H26N2S/c1-2-17-14-15-8-10-18(11-9-15)12-13-19-16-6-4-3-5-7-16/h3-7,15,17H,2,8-14H2,1H3. The molecule has 0 aromatic heterocycles. The maximum atomic E-state index is 3.47.